The molecule has 1 aliphatic heterocycles. The van der Waals surface area contributed by atoms with Gasteiger partial charge >= 0.3 is 5.97 Å². The molecule has 0 bridgehead atoms. The number of carbonyl (C=O) groups is 2. The van der Waals surface area contributed by atoms with Crippen LogP contribution < -0.4 is 10.1 Å². The smallest absolute Gasteiger partial charge is 0.336 e. The Morgan fingerprint density at radius 3 is 2.43 bits per heavy atom. The molecule has 5 nitrogen and oxygen atoms in total. The van der Waals surface area contributed by atoms with Crippen LogP contribution in [0.5, 0.6) is 5.75 Å². The Kier molecular flexibility index (Phi) is 6.31. The summed E-state index contributed by atoms with van der Waals surface area (Å²) >= 11 is 3.63. The van der Waals surface area contributed by atoms with Gasteiger partial charge in [0.15, 0.2) is 5.78 Å². The first-order valence-corrected chi connectivity index (χ1v) is 12.3. The monoisotopic (exact) mass is 529 g/mol. The third-order valence-corrected chi connectivity index (χ3v) is 6.89. The lowest BCUT2D eigenvalue weighted by molar-refractivity contribution is -0.138. The highest BCUT2D eigenvalue weighted by molar-refractivity contribution is 9.10. The number of ether oxygens (including phenoxy) is 2. The summed E-state index contributed by atoms with van der Waals surface area (Å²) in [5.74, 6) is -0.397. The summed E-state index contributed by atoms with van der Waals surface area (Å²) in [6.45, 7) is 4.30. The van der Waals surface area contributed by atoms with Crippen LogP contribution in [-0.2, 0) is 16.1 Å². The zero-order valence-corrected chi connectivity index (χ0v) is 21.0. The fraction of sp³-hybridized carbons (Fsp3) is 0.172. The highest BCUT2D eigenvalue weighted by atomic mass is 79.9. The Morgan fingerprint density at radius 1 is 1.00 bits per heavy atom. The molecule has 0 spiro atoms. The quantitative estimate of drug-likeness (QED) is 0.387. The van der Waals surface area contributed by atoms with Crippen LogP contribution in [0.1, 0.15) is 46.8 Å². The lowest BCUT2D eigenvalue weighted by Gasteiger charge is -2.29. The van der Waals surface area contributed by atoms with Crippen molar-refractivity contribution in [2.24, 2.45) is 0 Å². The molecule has 3 aromatic carbocycles. The molecule has 0 unspecified atom stereocenters. The molecule has 2 aliphatic rings. The molecule has 176 valence electrons. The molecule has 0 fully saturated rings. The second-order valence-corrected chi connectivity index (χ2v) is 9.30. The van der Waals surface area contributed by atoms with Crippen LogP contribution >= 0.6 is 15.9 Å². The number of hydrogen-bond donors (Lipinski definition) is 1. The van der Waals surface area contributed by atoms with E-state index < -0.39 is 11.9 Å². The molecule has 1 N–H and O–H groups in total. The Hall–Kier alpha value is -3.64. The number of Topliss-reactive ketones (excluding diaryl/α,β-unsaturated/α-hetero) is 1. The SMILES string of the molecule is CCOC(=O)C1=C(C)NC2=C(C(=O)c3ccccc32)[C@@H]1c1ccc(OCc2ccccc2)c(Br)c1. The number of dihydropyridines is 1. The molecule has 1 atom stereocenters. The molecule has 1 heterocycles. The van der Waals surface area contributed by atoms with Crippen molar-refractivity contribution in [2.75, 3.05) is 6.61 Å². The van der Waals surface area contributed by atoms with Crippen molar-refractivity contribution >= 4 is 33.4 Å². The van der Waals surface area contributed by atoms with E-state index in [9.17, 15) is 9.59 Å². The van der Waals surface area contributed by atoms with E-state index in [0.29, 0.717) is 34.8 Å². The standard InChI is InChI=1S/C29H24BrNO4/c1-3-34-29(33)24-17(2)31-27-20-11-7-8-12-21(20)28(32)26(27)25(24)19-13-14-23(22(30)15-19)35-16-18-9-5-4-6-10-18/h4-15,25,31H,3,16H2,1-2H3/t25-/m1/s1. The minimum absolute atomic E-state index is 0.0806. The van der Waals surface area contributed by atoms with E-state index in [1.165, 1.54) is 0 Å². The minimum Gasteiger partial charge on any atom is -0.488 e. The number of hydrogen-bond acceptors (Lipinski definition) is 5. The highest BCUT2D eigenvalue weighted by Crippen LogP contribution is 2.47. The second-order valence-electron chi connectivity index (χ2n) is 8.44. The summed E-state index contributed by atoms with van der Waals surface area (Å²) in [5.41, 5.74) is 5.78. The van der Waals surface area contributed by atoms with Gasteiger partial charge in [0.25, 0.3) is 0 Å². The predicted molar refractivity (Wildman–Crippen MR) is 138 cm³/mol. The third-order valence-electron chi connectivity index (χ3n) is 6.27. The molecule has 0 radical (unpaired) electrons. The van der Waals surface area contributed by atoms with Crippen LogP contribution in [0.4, 0.5) is 0 Å². The van der Waals surface area contributed by atoms with Crippen molar-refractivity contribution in [3.8, 4) is 5.75 Å². The van der Waals surface area contributed by atoms with Crippen LogP contribution in [0.3, 0.4) is 0 Å². The van der Waals surface area contributed by atoms with Crippen LogP contribution in [0.25, 0.3) is 5.70 Å². The summed E-state index contributed by atoms with van der Waals surface area (Å²) in [6.07, 6.45) is 0. The van der Waals surface area contributed by atoms with Gasteiger partial charge in [-0.15, -0.1) is 0 Å². The summed E-state index contributed by atoms with van der Waals surface area (Å²) < 4.78 is 12.2. The number of rotatable bonds is 6. The lowest BCUT2D eigenvalue weighted by Crippen LogP contribution is -2.29. The molecule has 35 heavy (non-hydrogen) atoms. The number of nitrogens with one attached hydrogen (secondary N) is 1. The number of fused-ring (bicyclic) bond motifs is 2. The molecule has 0 aromatic heterocycles. The van der Waals surface area contributed by atoms with E-state index in [1.54, 1.807) is 6.92 Å². The van der Waals surface area contributed by atoms with E-state index in [0.717, 1.165) is 26.9 Å². The maximum absolute atomic E-state index is 13.5. The maximum atomic E-state index is 13.5. The molecular formula is C29H24BrNO4. The van der Waals surface area contributed by atoms with Crippen molar-refractivity contribution in [3.63, 3.8) is 0 Å². The van der Waals surface area contributed by atoms with Gasteiger partial charge < -0.3 is 14.8 Å². The summed E-state index contributed by atoms with van der Waals surface area (Å²) in [6, 6.07) is 23.1. The minimum atomic E-state index is -0.565. The fourth-order valence-corrected chi connectivity index (χ4v) is 5.20. The number of allylic oxidation sites excluding steroid dienone is 2. The van der Waals surface area contributed by atoms with Gasteiger partial charge in [0.1, 0.15) is 12.4 Å². The number of esters is 1. The maximum Gasteiger partial charge on any atom is 0.336 e. The van der Waals surface area contributed by atoms with Crippen LogP contribution in [0.15, 0.2) is 94.1 Å². The van der Waals surface area contributed by atoms with Crippen molar-refractivity contribution < 1.29 is 19.1 Å². The molecule has 0 amide bonds. The van der Waals surface area contributed by atoms with Crippen molar-refractivity contribution in [2.45, 2.75) is 26.4 Å². The first-order valence-electron chi connectivity index (χ1n) is 11.5. The van der Waals surface area contributed by atoms with Crippen LogP contribution in [0, 0.1) is 0 Å². The van der Waals surface area contributed by atoms with E-state index in [4.69, 9.17) is 9.47 Å². The van der Waals surface area contributed by atoms with Crippen LogP contribution in [-0.4, -0.2) is 18.4 Å². The molecule has 0 saturated carbocycles. The van der Waals surface area contributed by atoms with Crippen molar-refractivity contribution in [1.29, 1.82) is 0 Å². The molecular weight excluding hydrogens is 506 g/mol. The van der Waals surface area contributed by atoms with Gasteiger partial charge in [0, 0.05) is 28.3 Å². The van der Waals surface area contributed by atoms with E-state index in [-0.39, 0.29) is 12.4 Å². The topological polar surface area (TPSA) is 64.6 Å². The van der Waals surface area contributed by atoms with Gasteiger partial charge in [0.2, 0.25) is 0 Å². The van der Waals surface area contributed by atoms with Crippen molar-refractivity contribution in [1.82, 2.24) is 5.32 Å². The van der Waals surface area contributed by atoms with Gasteiger partial charge in [-0.25, -0.2) is 4.79 Å². The number of halogens is 1. The molecule has 1 aliphatic carbocycles. The Morgan fingerprint density at radius 2 is 1.71 bits per heavy atom. The predicted octanol–water partition coefficient (Wildman–Crippen LogP) is 6.16. The van der Waals surface area contributed by atoms with Gasteiger partial charge in [-0.05, 0) is 53.0 Å². The average molecular weight is 530 g/mol. The zero-order chi connectivity index (χ0) is 24.5. The van der Waals surface area contributed by atoms with Crippen molar-refractivity contribution in [3.05, 3.63) is 116 Å². The summed E-state index contributed by atoms with van der Waals surface area (Å²) in [4.78, 5) is 26.6. The number of carbonyl (C=O) groups excluding carboxylic acids is 2. The zero-order valence-electron chi connectivity index (χ0n) is 19.4. The highest BCUT2D eigenvalue weighted by Gasteiger charge is 2.43. The number of benzene rings is 3. The van der Waals surface area contributed by atoms with E-state index in [2.05, 4.69) is 21.2 Å². The largest absolute Gasteiger partial charge is 0.488 e. The van der Waals surface area contributed by atoms with Gasteiger partial charge in [0.05, 0.1) is 22.3 Å². The second kappa shape index (κ2) is 9.55. The fourth-order valence-electron chi connectivity index (χ4n) is 4.69. The van der Waals surface area contributed by atoms with E-state index in [1.807, 2.05) is 79.7 Å². The van der Waals surface area contributed by atoms with Gasteiger partial charge in [-0.1, -0.05) is 60.7 Å². The first-order chi connectivity index (χ1) is 17.0. The Balaban J connectivity index is 1.55. The Bertz CT molecular complexity index is 1390. The normalized spacial score (nSPS) is 16.5. The molecule has 3 aromatic rings. The van der Waals surface area contributed by atoms with Gasteiger partial charge in [-0.3, -0.25) is 4.79 Å². The van der Waals surface area contributed by atoms with Gasteiger partial charge in [-0.2, -0.15) is 0 Å². The molecule has 5 rings (SSSR count). The van der Waals surface area contributed by atoms with Crippen LogP contribution in [0.2, 0.25) is 0 Å². The average Bonchev–Trinajstić information content (AvgIpc) is 3.14. The lowest BCUT2D eigenvalue weighted by atomic mass is 9.80. The third kappa shape index (κ3) is 4.19. The first kappa shape index (κ1) is 23.1. The van der Waals surface area contributed by atoms with E-state index >= 15 is 0 Å². The molecule has 0 saturated heterocycles. The Labute approximate surface area is 212 Å². The summed E-state index contributed by atoms with van der Waals surface area (Å²) in [5, 5.41) is 3.32. The number of ketones is 1. The molecule has 6 heteroatoms. The summed E-state index contributed by atoms with van der Waals surface area (Å²) in [7, 11) is 0.